The molecule has 0 amide bonds. The van der Waals surface area contributed by atoms with Crippen molar-refractivity contribution in [2.45, 2.75) is 13.3 Å². The highest BCUT2D eigenvalue weighted by molar-refractivity contribution is 5.75. The largest absolute Gasteiger partial charge is 0.412 e. The van der Waals surface area contributed by atoms with Crippen LogP contribution in [0.4, 0.5) is 0 Å². The SMILES string of the molecule is CCCO.O.[AlH3]. The van der Waals surface area contributed by atoms with Gasteiger partial charge in [0.05, 0.1) is 0 Å². The molecule has 2 nitrogen and oxygen atoms in total. The molecule has 0 fully saturated rings. The lowest BCUT2D eigenvalue weighted by atomic mass is 10.5. The van der Waals surface area contributed by atoms with E-state index in [4.69, 9.17) is 5.11 Å². The Kier molecular flexibility index (Phi) is 48.2. The maximum atomic E-state index is 7.88. The van der Waals surface area contributed by atoms with Crippen molar-refractivity contribution in [2.24, 2.45) is 0 Å². The molecule has 0 aliphatic carbocycles. The first-order chi connectivity index (χ1) is 1.91. The van der Waals surface area contributed by atoms with Crippen LogP contribution in [0.25, 0.3) is 0 Å². The summed E-state index contributed by atoms with van der Waals surface area (Å²) in [4.78, 5) is 0. The molecule has 0 spiro atoms. The Balaban J connectivity index is -0.0000000450. The van der Waals surface area contributed by atoms with Crippen molar-refractivity contribution >= 4 is 17.4 Å². The second kappa shape index (κ2) is 18.0. The van der Waals surface area contributed by atoms with Crippen LogP contribution in [0.15, 0.2) is 0 Å². The Bertz CT molecular complexity index is 10.8. The van der Waals surface area contributed by atoms with Gasteiger partial charge < -0.3 is 10.6 Å². The third-order valence-electron chi connectivity index (χ3n) is 0.224. The Morgan fingerprint density at radius 1 is 1.50 bits per heavy atom. The molecule has 6 heavy (non-hydrogen) atoms. The van der Waals surface area contributed by atoms with Crippen LogP contribution < -0.4 is 0 Å². The summed E-state index contributed by atoms with van der Waals surface area (Å²) < 4.78 is 0. The molecule has 40 valence electrons. The van der Waals surface area contributed by atoms with Gasteiger partial charge in [-0.05, 0) is 6.42 Å². The van der Waals surface area contributed by atoms with Crippen molar-refractivity contribution in [2.75, 3.05) is 6.61 Å². The predicted octanol–water partition coefficient (Wildman–Crippen LogP) is -1.62. The van der Waals surface area contributed by atoms with Crippen LogP contribution >= 0.6 is 0 Å². The second-order valence-electron chi connectivity index (χ2n) is 0.724. The van der Waals surface area contributed by atoms with Gasteiger partial charge in [-0.2, -0.15) is 0 Å². The first-order valence-corrected chi connectivity index (χ1v) is 1.52. The van der Waals surface area contributed by atoms with Gasteiger partial charge in [-0.1, -0.05) is 6.92 Å². The highest BCUT2D eigenvalue weighted by Crippen LogP contribution is 1.61. The molecule has 0 aromatic heterocycles. The fourth-order valence-corrected chi connectivity index (χ4v) is 0. The quantitative estimate of drug-likeness (QED) is 0.403. The summed E-state index contributed by atoms with van der Waals surface area (Å²) in [5, 5.41) is 7.88. The molecule has 0 heterocycles. The van der Waals surface area contributed by atoms with Crippen LogP contribution in [-0.2, 0) is 0 Å². The molecule has 0 aliphatic rings. The number of rotatable bonds is 1. The minimum absolute atomic E-state index is 0. The van der Waals surface area contributed by atoms with Crippen LogP contribution in [0, 0.1) is 0 Å². The molecule has 0 rings (SSSR count). The Morgan fingerprint density at radius 3 is 1.67 bits per heavy atom. The van der Waals surface area contributed by atoms with Gasteiger partial charge in [0.2, 0.25) is 0 Å². The Morgan fingerprint density at radius 2 is 1.67 bits per heavy atom. The molecule has 0 atom stereocenters. The molecule has 0 aromatic rings. The van der Waals surface area contributed by atoms with Crippen LogP contribution in [0.3, 0.4) is 0 Å². The van der Waals surface area contributed by atoms with E-state index in [1.807, 2.05) is 6.92 Å². The molecule has 0 saturated carbocycles. The topological polar surface area (TPSA) is 51.7 Å². The zero-order chi connectivity index (χ0) is 3.41. The van der Waals surface area contributed by atoms with E-state index >= 15 is 0 Å². The normalized spacial score (nSPS) is 5.00. The molecule has 0 saturated heterocycles. The third kappa shape index (κ3) is 25.2. The standard InChI is InChI=1S/C3H8O.Al.H2O.3H/c1-2-3-4;;;;;/h4H,2-3H2,1H3;;1H2;;;. The smallest absolute Gasteiger partial charge is 0.187 e. The maximum absolute atomic E-state index is 7.88. The molecule has 3 N–H and O–H groups in total. The van der Waals surface area contributed by atoms with E-state index in [1.54, 1.807) is 0 Å². The summed E-state index contributed by atoms with van der Waals surface area (Å²) in [6.07, 6.45) is 0.875. The van der Waals surface area contributed by atoms with Crippen LogP contribution in [0.2, 0.25) is 0 Å². The van der Waals surface area contributed by atoms with Gasteiger partial charge in [-0.25, -0.2) is 0 Å². The highest BCUT2D eigenvalue weighted by Gasteiger charge is 1.57. The van der Waals surface area contributed by atoms with E-state index in [0.717, 1.165) is 6.42 Å². The van der Waals surface area contributed by atoms with Gasteiger partial charge in [0.25, 0.3) is 0 Å². The van der Waals surface area contributed by atoms with E-state index in [2.05, 4.69) is 0 Å². The van der Waals surface area contributed by atoms with E-state index in [0.29, 0.717) is 6.61 Å². The molecule has 0 radical (unpaired) electrons. The lowest BCUT2D eigenvalue weighted by molar-refractivity contribution is 0.295. The minimum atomic E-state index is 0. The highest BCUT2D eigenvalue weighted by atomic mass is 27.0. The average Bonchev–Trinajstić information content (AvgIpc) is 1.37. The van der Waals surface area contributed by atoms with E-state index in [1.165, 1.54) is 0 Å². The zero-order valence-electron chi connectivity index (χ0n) is 3.36. The van der Waals surface area contributed by atoms with Crippen molar-refractivity contribution < 1.29 is 10.6 Å². The summed E-state index contributed by atoms with van der Waals surface area (Å²) in [6.45, 7) is 2.25. The molecule has 0 aliphatic heterocycles. The Hall–Kier alpha value is 0.452. The fraction of sp³-hybridized carbons (Fsp3) is 1.00. The van der Waals surface area contributed by atoms with Crippen molar-refractivity contribution in [1.29, 1.82) is 0 Å². The Labute approximate surface area is 48.6 Å². The van der Waals surface area contributed by atoms with Crippen molar-refractivity contribution in [3.8, 4) is 0 Å². The monoisotopic (exact) mass is 108 g/mol. The van der Waals surface area contributed by atoms with Crippen molar-refractivity contribution in [3.63, 3.8) is 0 Å². The van der Waals surface area contributed by atoms with Crippen LogP contribution in [0.1, 0.15) is 13.3 Å². The summed E-state index contributed by atoms with van der Waals surface area (Å²) in [6, 6.07) is 0. The van der Waals surface area contributed by atoms with Crippen molar-refractivity contribution in [3.05, 3.63) is 0 Å². The van der Waals surface area contributed by atoms with Crippen molar-refractivity contribution in [1.82, 2.24) is 0 Å². The number of aliphatic hydroxyl groups excluding tert-OH is 1. The zero-order valence-corrected chi connectivity index (χ0v) is 3.36. The fourth-order valence-electron chi connectivity index (χ4n) is 0. The molecule has 3 heteroatoms. The molecule has 0 unspecified atom stereocenters. The van der Waals surface area contributed by atoms with E-state index in [9.17, 15) is 0 Å². The van der Waals surface area contributed by atoms with Gasteiger partial charge in [-0.15, -0.1) is 0 Å². The molecule has 0 aromatic carbocycles. The van der Waals surface area contributed by atoms with Gasteiger partial charge in [-0.3, -0.25) is 0 Å². The molecular weight excluding hydrogens is 95.0 g/mol. The second-order valence-corrected chi connectivity index (χ2v) is 0.724. The number of aliphatic hydroxyl groups is 1. The van der Waals surface area contributed by atoms with E-state index in [-0.39, 0.29) is 22.8 Å². The lowest BCUT2D eigenvalue weighted by Gasteiger charge is -1.69. The number of hydrogen-bond donors (Lipinski definition) is 1. The van der Waals surface area contributed by atoms with Gasteiger partial charge in [0, 0.05) is 6.61 Å². The van der Waals surface area contributed by atoms with Crippen LogP contribution in [-0.4, -0.2) is 34.6 Å². The van der Waals surface area contributed by atoms with Gasteiger partial charge >= 0.3 is 0 Å². The maximum Gasteiger partial charge on any atom is 0.187 e. The van der Waals surface area contributed by atoms with Gasteiger partial charge in [0.1, 0.15) is 0 Å². The lowest BCUT2D eigenvalue weighted by Crippen LogP contribution is -1.69. The summed E-state index contributed by atoms with van der Waals surface area (Å²) in [5.41, 5.74) is 0. The van der Waals surface area contributed by atoms with Crippen LogP contribution in [0.5, 0.6) is 0 Å². The number of hydrogen-bond acceptors (Lipinski definition) is 1. The molecular formula is C3H13AlO2. The first-order valence-electron chi connectivity index (χ1n) is 1.52. The summed E-state index contributed by atoms with van der Waals surface area (Å²) >= 11 is 0. The first kappa shape index (κ1) is 16.1. The summed E-state index contributed by atoms with van der Waals surface area (Å²) in [7, 11) is 0. The summed E-state index contributed by atoms with van der Waals surface area (Å²) in [5.74, 6) is 0. The average molecular weight is 108 g/mol. The minimum Gasteiger partial charge on any atom is -0.412 e. The van der Waals surface area contributed by atoms with Gasteiger partial charge in [0.15, 0.2) is 17.4 Å². The van der Waals surface area contributed by atoms with E-state index < -0.39 is 0 Å². The molecule has 0 bridgehead atoms. The predicted molar refractivity (Wildman–Crippen MR) is 30.9 cm³/mol. The third-order valence-corrected chi connectivity index (χ3v) is 0.224.